The van der Waals surface area contributed by atoms with E-state index in [0.29, 0.717) is 5.75 Å². The fraction of sp³-hybridized carbons (Fsp3) is 0.500. The molecule has 1 saturated carbocycles. The maximum absolute atomic E-state index is 9.83. The van der Waals surface area contributed by atoms with E-state index in [9.17, 15) is 5.11 Å². The van der Waals surface area contributed by atoms with Crippen LogP contribution in [0.5, 0.6) is 5.75 Å². The van der Waals surface area contributed by atoms with Gasteiger partial charge in [0.15, 0.2) is 0 Å². The van der Waals surface area contributed by atoms with Gasteiger partial charge in [-0.2, -0.15) is 0 Å². The third kappa shape index (κ3) is 1.90. The molecule has 0 bridgehead atoms. The van der Waals surface area contributed by atoms with Crippen LogP contribution in [0.1, 0.15) is 37.2 Å². The smallest absolute Gasteiger partial charge is 0.115 e. The van der Waals surface area contributed by atoms with Crippen LogP contribution in [0.15, 0.2) is 24.3 Å². The van der Waals surface area contributed by atoms with Gasteiger partial charge in [-0.25, -0.2) is 0 Å². The first-order valence-electron chi connectivity index (χ1n) is 5.24. The average molecular weight is 192 g/mol. The van der Waals surface area contributed by atoms with Crippen LogP contribution in [0.3, 0.4) is 0 Å². The molecule has 1 aromatic rings. The summed E-state index contributed by atoms with van der Waals surface area (Å²) in [7, 11) is 0. The summed E-state index contributed by atoms with van der Waals surface area (Å²) in [5.74, 6) is 0.559. The van der Waals surface area contributed by atoms with E-state index in [2.05, 4.69) is 0 Å². The van der Waals surface area contributed by atoms with Crippen molar-refractivity contribution in [3.63, 3.8) is 0 Å². The molecule has 1 fully saturated rings. The van der Waals surface area contributed by atoms with Crippen molar-refractivity contribution in [3.8, 4) is 5.75 Å². The third-order valence-corrected chi connectivity index (χ3v) is 3.05. The molecule has 2 atom stereocenters. The fourth-order valence-electron chi connectivity index (χ4n) is 2.22. The number of hydrogen-bond acceptors (Lipinski definition) is 2. The quantitative estimate of drug-likeness (QED) is 0.717. The number of benzene rings is 1. The molecule has 0 aromatic heterocycles. The minimum atomic E-state index is -0.201. The highest BCUT2D eigenvalue weighted by Crippen LogP contribution is 2.33. The molecule has 2 rings (SSSR count). The Bertz CT molecular complexity index is 292. The Morgan fingerprint density at radius 1 is 1.00 bits per heavy atom. The maximum Gasteiger partial charge on any atom is 0.115 e. The van der Waals surface area contributed by atoms with E-state index in [1.54, 1.807) is 12.1 Å². The van der Waals surface area contributed by atoms with Crippen molar-refractivity contribution in [2.45, 2.75) is 37.7 Å². The Morgan fingerprint density at radius 2 is 1.64 bits per heavy atom. The van der Waals surface area contributed by atoms with Crippen LogP contribution in [-0.4, -0.2) is 16.3 Å². The van der Waals surface area contributed by atoms with Crippen LogP contribution in [0.25, 0.3) is 0 Å². The van der Waals surface area contributed by atoms with Gasteiger partial charge in [0.05, 0.1) is 6.10 Å². The van der Waals surface area contributed by atoms with E-state index in [-0.39, 0.29) is 12.0 Å². The highest BCUT2D eigenvalue weighted by atomic mass is 16.3. The third-order valence-electron chi connectivity index (χ3n) is 3.05. The van der Waals surface area contributed by atoms with Crippen molar-refractivity contribution in [3.05, 3.63) is 29.8 Å². The van der Waals surface area contributed by atoms with Crippen molar-refractivity contribution in [1.29, 1.82) is 0 Å². The number of phenols is 1. The monoisotopic (exact) mass is 192 g/mol. The summed E-state index contributed by atoms with van der Waals surface area (Å²) < 4.78 is 0. The number of aliphatic hydroxyl groups excluding tert-OH is 1. The lowest BCUT2D eigenvalue weighted by Crippen LogP contribution is -2.22. The van der Waals surface area contributed by atoms with Gasteiger partial charge in [-0.05, 0) is 30.5 Å². The first kappa shape index (κ1) is 9.53. The fourth-order valence-corrected chi connectivity index (χ4v) is 2.22. The Kier molecular flexibility index (Phi) is 2.73. The van der Waals surface area contributed by atoms with Crippen LogP contribution in [0.4, 0.5) is 0 Å². The van der Waals surface area contributed by atoms with Crippen molar-refractivity contribution in [2.24, 2.45) is 0 Å². The van der Waals surface area contributed by atoms with Crippen molar-refractivity contribution >= 4 is 0 Å². The second-order valence-electron chi connectivity index (χ2n) is 4.05. The lowest BCUT2D eigenvalue weighted by Gasteiger charge is -2.27. The Hall–Kier alpha value is -1.02. The minimum absolute atomic E-state index is 0.201. The highest BCUT2D eigenvalue weighted by Gasteiger charge is 2.24. The average Bonchev–Trinajstić information content (AvgIpc) is 2.20. The second kappa shape index (κ2) is 4.01. The summed E-state index contributed by atoms with van der Waals surface area (Å²) in [6, 6.07) is 7.20. The van der Waals surface area contributed by atoms with E-state index in [0.717, 1.165) is 24.8 Å². The van der Waals surface area contributed by atoms with Gasteiger partial charge in [-0.1, -0.05) is 25.0 Å². The van der Waals surface area contributed by atoms with Gasteiger partial charge in [-0.15, -0.1) is 0 Å². The van der Waals surface area contributed by atoms with Crippen molar-refractivity contribution in [2.75, 3.05) is 0 Å². The first-order valence-corrected chi connectivity index (χ1v) is 5.24. The summed E-state index contributed by atoms with van der Waals surface area (Å²) in [5.41, 5.74) is 1.15. The highest BCUT2D eigenvalue weighted by molar-refractivity contribution is 5.29. The van der Waals surface area contributed by atoms with Crippen molar-refractivity contribution < 1.29 is 10.2 Å². The molecule has 1 aromatic carbocycles. The normalized spacial score (nSPS) is 27.5. The zero-order valence-electron chi connectivity index (χ0n) is 8.19. The molecule has 76 valence electrons. The molecule has 14 heavy (non-hydrogen) atoms. The maximum atomic E-state index is 9.83. The zero-order chi connectivity index (χ0) is 9.97. The minimum Gasteiger partial charge on any atom is -0.508 e. The SMILES string of the molecule is Oc1ccc([C@@H]2CCCC[C@H]2O)cc1. The molecule has 1 aliphatic rings. The predicted molar refractivity (Wildman–Crippen MR) is 55.3 cm³/mol. The molecule has 0 spiro atoms. The molecule has 0 radical (unpaired) electrons. The molecule has 0 unspecified atom stereocenters. The molecule has 0 aliphatic heterocycles. The number of aliphatic hydroxyl groups is 1. The van der Waals surface area contributed by atoms with Gasteiger partial charge in [0, 0.05) is 5.92 Å². The molecule has 0 heterocycles. The lowest BCUT2D eigenvalue weighted by molar-refractivity contribution is 0.106. The lowest BCUT2D eigenvalue weighted by atomic mass is 9.82. The molecule has 2 N–H and O–H groups in total. The van der Waals surface area contributed by atoms with Gasteiger partial charge >= 0.3 is 0 Å². The van der Waals surface area contributed by atoms with Gasteiger partial charge in [0.2, 0.25) is 0 Å². The van der Waals surface area contributed by atoms with Crippen molar-refractivity contribution in [1.82, 2.24) is 0 Å². The van der Waals surface area contributed by atoms with Crippen LogP contribution in [0, 0.1) is 0 Å². The second-order valence-corrected chi connectivity index (χ2v) is 4.05. The molecule has 2 nitrogen and oxygen atoms in total. The van der Waals surface area contributed by atoms with Crippen LogP contribution in [0.2, 0.25) is 0 Å². The number of aromatic hydroxyl groups is 1. The van der Waals surface area contributed by atoms with Crippen LogP contribution >= 0.6 is 0 Å². The Balaban J connectivity index is 2.16. The van der Waals surface area contributed by atoms with E-state index >= 15 is 0 Å². The standard InChI is InChI=1S/C12H16O2/c13-10-7-5-9(6-8-10)11-3-1-2-4-12(11)14/h5-8,11-14H,1-4H2/t11-,12+/m0/s1. The summed E-state index contributed by atoms with van der Waals surface area (Å²) in [6.07, 6.45) is 4.10. The summed E-state index contributed by atoms with van der Waals surface area (Å²) in [4.78, 5) is 0. The van der Waals surface area contributed by atoms with Gasteiger partial charge < -0.3 is 10.2 Å². The predicted octanol–water partition coefficient (Wildman–Crippen LogP) is 2.41. The number of phenolic OH excluding ortho intramolecular Hbond substituents is 1. The van der Waals surface area contributed by atoms with Crippen LogP contribution < -0.4 is 0 Å². The van der Waals surface area contributed by atoms with Gasteiger partial charge in [-0.3, -0.25) is 0 Å². The van der Waals surface area contributed by atoms with Crippen LogP contribution in [-0.2, 0) is 0 Å². The van der Waals surface area contributed by atoms with Gasteiger partial charge in [0.25, 0.3) is 0 Å². The Labute approximate surface area is 84.2 Å². The topological polar surface area (TPSA) is 40.5 Å². The van der Waals surface area contributed by atoms with E-state index in [1.165, 1.54) is 6.42 Å². The van der Waals surface area contributed by atoms with E-state index in [4.69, 9.17) is 5.11 Å². The number of rotatable bonds is 1. The summed E-state index contributed by atoms with van der Waals surface area (Å²) in [6.45, 7) is 0. The Morgan fingerprint density at radius 3 is 2.29 bits per heavy atom. The van der Waals surface area contributed by atoms with E-state index < -0.39 is 0 Å². The summed E-state index contributed by atoms with van der Waals surface area (Å²) >= 11 is 0. The first-order chi connectivity index (χ1) is 6.77. The zero-order valence-corrected chi connectivity index (χ0v) is 8.19. The number of hydrogen-bond donors (Lipinski definition) is 2. The van der Waals surface area contributed by atoms with E-state index in [1.807, 2.05) is 12.1 Å². The molecule has 2 heteroatoms. The molecule has 0 amide bonds. The largest absolute Gasteiger partial charge is 0.508 e. The molecule has 1 aliphatic carbocycles. The molecule has 0 saturated heterocycles. The molecular formula is C12H16O2. The summed E-state index contributed by atoms with van der Waals surface area (Å²) in [5, 5.41) is 19.0. The van der Waals surface area contributed by atoms with Gasteiger partial charge in [0.1, 0.15) is 5.75 Å². The molecular weight excluding hydrogens is 176 g/mol.